The predicted octanol–water partition coefficient (Wildman–Crippen LogP) is 6.24. The first-order valence-corrected chi connectivity index (χ1v) is 15.8. The molecule has 3 fully saturated rings. The Kier molecular flexibility index (Phi) is 8.31. The number of aromatic hydroxyl groups is 1. The maximum absolute atomic E-state index is 14.4. The van der Waals surface area contributed by atoms with Gasteiger partial charge in [-0.2, -0.15) is 5.10 Å². The van der Waals surface area contributed by atoms with Gasteiger partial charge < -0.3 is 24.4 Å². The van der Waals surface area contributed by atoms with E-state index in [-0.39, 0.29) is 29.9 Å². The smallest absolute Gasteiger partial charge is 0.410 e. The number of hydrogen-bond donors (Lipinski definition) is 1. The number of fused-ring (bicyclic) bond motifs is 1. The Morgan fingerprint density at radius 1 is 0.930 bits per heavy atom. The average Bonchev–Trinajstić information content (AvgIpc) is 3.40. The van der Waals surface area contributed by atoms with Gasteiger partial charge in [0.2, 0.25) is 0 Å². The minimum absolute atomic E-state index is 0.0857. The molecule has 3 aromatic rings. The van der Waals surface area contributed by atoms with Crippen LogP contribution in [0.4, 0.5) is 4.79 Å². The number of nitrogens with zero attached hydrogens (tertiary/aromatic N) is 5. The summed E-state index contributed by atoms with van der Waals surface area (Å²) in [5.74, 6) is 0.347. The summed E-state index contributed by atoms with van der Waals surface area (Å²) < 4.78 is 13.7. The minimum atomic E-state index is -0.574. The van der Waals surface area contributed by atoms with Crippen molar-refractivity contribution in [2.75, 3.05) is 32.8 Å². The fraction of sp³-hybridized carbons (Fsp3) is 0.576. The molecule has 2 amide bonds. The lowest BCUT2D eigenvalue weighted by Gasteiger charge is -2.35. The van der Waals surface area contributed by atoms with Gasteiger partial charge in [-0.25, -0.2) is 14.5 Å². The zero-order chi connectivity index (χ0) is 30.1. The van der Waals surface area contributed by atoms with Crippen LogP contribution in [0.1, 0.15) is 100 Å². The third kappa shape index (κ3) is 6.34. The molecule has 230 valence electrons. The van der Waals surface area contributed by atoms with Gasteiger partial charge in [-0.15, -0.1) is 0 Å². The van der Waals surface area contributed by atoms with Crippen LogP contribution in [0, 0.1) is 0 Å². The second-order valence-corrected chi connectivity index (χ2v) is 13.0. The number of hydrogen-bond acceptors (Lipinski definition) is 7. The summed E-state index contributed by atoms with van der Waals surface area (Å²) in [7, 11) is 0. The van der Waals surface area contributed by atoms with Gasteiger partial charge in [-0.3, -0.25) is 4.79 Å². The zero-order valence-corrected chi connectivity index (χ0v) is 25.6. The van der Waals surface area contributed by atoms with Gasteiger partial charge in [0, 0.05) is 44.3 Å². The summed E-state index contributed by atoms with van der Waals surface area (Å²) in [6.45, 7) is 7.88. The zero-order valence-electron chi connectivity index (χ0n) is 25.6. The summed E-state index contributed by atoms with van der Waals surface area (Å²) in [6, 6.07) is 8.78. The van der Waals surface area contributed by atoms with Gasteiger partial charge in [0.05, 0.1) is 22.3 Å². The first-order chi connectivity index (χ1) is 20.7. The van der Waals surface area contributed by atoms with Gasteiger partial charge in [0.25, 0.3) is 5.91 Å². The molecule has 43 heavy (non-hydrogen) atoms. The SMILES string of the molecule is CC(C)(C)OC(=O)N1CCN(C(=O)c2cc(-c3ccc(O)cc3)nc3c2c(C2CCCCC2)nn3C2CCCCO2)CC1. The maximum atomic E-state index is 14.4. The molecule has 0 radical (unpaired) electrons. The Bertz CT molecular complexity index is 1460. The van der Waals surface area contributed by atoms with Crippen LogP contribution in [0.25, 0.3) is 22.3 Å². The van der Waals surface area contributed by atoms with Crippen molar-refractivity contribution in [3.05, 3.63) is 41.6 Å². The van der Waals surface area contributed by atoms with Crippen LogP contribution in [0.2, 0.25) is 0 Å². The molecule has 1 atom stereocenters. The van der Waals surface area contributed by atoms with E-state index in [2.05, 4.69) is 0 Å². The lowest BCUT2D eigenvalue weighted by molar-refractivity contribution is -0.0373. The molecule has 1 unspecified atom stereocenters. The lowest BCUT2D eigenvalue weighted by atomic mass is 9.85. The van der Waals surface area contributed by atoms with E-state index in [4.69, 9.17) is 19.6 Å². The summed E-state index contributed by atoms with van der Waals surface area (Å²) in [5.41, 5.74) is 3.09. The number of phenolic OH excluding ortho intramolecular Hbond substituents is 1. The molecule has 10 nitrogen and oxygen atoms in total. The highest BCUT2D eigenvalue weighted by Gasteiger charge is 2.33. The molecule has 3 aliphatic rings. The molecule has 1 saturated carbocycles. The van der Waals surface area contributed by atoms with Crippen LogP contribution in [-0.2, 0) is 9.47 Å². The van der Waals surface area contributed by atoms with Gasteiger partial charge in [-0.05, 0) is 83.2 Å². The van der Waals surface area contributed by atoms with Crippen molar-refractivity contribution in [3.63, 3.8) is 0 Å². The molecule has 1 aromatic carbocycles. The van der Waals surface area contributed by atoms with E-state index in [1.54, 1.807) is 17.0 Å². The summed E-state index contributed by atoms with van der Waals surface area (Å²) in [5, 5.41) is 15.9. The summed E-state index contributed by atoms with van der Waals surface area (Å²) >= 11 is 0. The van der Waals surface area contributed by atoms with Gasteiger partial charge in [0.1, 0.15) is 11.4 Å². The van der Waals surface area contributed by atoms with E-state index in [0.29, 0.717) is 49.7 Å². The number of carbonyl (C=O) groups is 2. The van der Waals surface area contributed by atoms with Crippen LogP contribution in [0.15, 0.2) is 30.3 Å². The number of piperazine rings is 1. The van der Waals surface area contributed by atoms with Crippen LogP contribution in [0.3, 0.4) is 0 Å². The monoisotopic (exact) mass is 589 g/mol. The predicted molar refractivity (Wildman–Crippen MR) is 163 cm³/mol. The molecule has 4 heterocycles. The number of aromatic nitrogens is 3. The summed E-state index contributed by atoms with van der Waals surface area (Å²) in [4.78, 5) is 35.7. The normalized spacial score (nSPS) is 20.4. The van der Waals surface area contributed by atoms with Crippen molar-refractivity contribution in [3.8, 4) is 17.0 Å². The van der Waals surface area contributed by atoms with E-state index >= 15 is 0 Å². The van der Waals surface area contributed by atoms with Gasteiger partial charge in [0.15, 0.2) is 11.9 Å². The van der Waals surface area contributed by atoms with Crippen LogP contribution >= 0.6 is 0 Å². The minimum Gasteiger partial charge on any atom is -0.508 e. The number of phenols is 1. The van der Waals surface area contributed by atoms with Crippen LogP contribution < -0.4 is 0 Å². The highest BCUT2D eigenvalue weighted by molar-refractivity contribution is 6.08. The number of pyridine rings is 1. The van der Waals surface area contributed by atoms with E-state index < -0.39 is 5.60 Å². The van der Waals surface area contributed by atoms with Crippen molar-refractivity contribution in [1.82, 2.24) is 24.6 Å². The molecule has 1 N–H and O–H groups in total. The highest BCUT2D eigenvalue weighted by Crippen LogP contribution is 2.40. The van der Waals surface area contributed by atoms with Crippen molar-refractivity contribution in [1.29, 1.82) is 0 Å². The third-order valence-electron chi connectivity index (χ3n) is 8.72. The van der Waals surface area contributed by atoms with E-state index in [1.807, 2.05) is 48.6 Å². The molecule has 2 aromatic heterocycles. The first kappa shape index (κ1) is 29.4. The molecule has 6 rings (SSSR count). The molecule has 0 bridgehead atoms. The Morgan fingerprint density at radius 2 is 1.60 bits per heavy atom. The topological polar surface area (TPSA) is 110 Å². The van der Waals surface area contributed by atoms with Crippen molar-refractivity contribution in [2.45, 2.75) is 89.9 Å². The molecule has 10 heteroatoms. The molecule has 2 saturated heterocycles. The van der Waals surface area contributed by atoms with E-state index in [9.17, 15) is 14.7 Å². The number of rotatable bonds is 4. The number of amides is 2. The van der Waals surface area contributed by atoms with Crippen LogP contribution in [0.5, 0.6) is 5.75 Å². The first-order valence-electron chi connectivity index (χ1n) is 15.8. The second-order valence-electron chi connectivity index (χ2n) is 13.0. The number of carbonyl (C=O) groups excluding carboxylic acids is 2. The molecule has 2 aliphatic heterocycles. The third-order valence-corrected chi connectivity index (χ3v) is 8.72. The van der Waals surface area contributed by atoms with E-state index in [1.165, 1.54) is 6.42 Å². The van der Waals surface area contributed by atoms with Gasteiger partial charge >= 0.3 is 6.09 Å². The second kappa shape index (κ2) is 12.1. The highest BCUT2D eigenvalue weighted by atomic mass is 16.6. The number of ether oxygens (including phenoxy) is 2. The average molecular weight is 590 g/mol. The molecular weight excluding hydrogens is 546 g/mol. The molecular formula is C33H43N5O5. The fourth-order valence-electron chi connectivity index (χ4n) is 6.48. The lowest BCUT2D eigenvalue weighted by Crippen LogP contribution is -2.51. The quantitative estimate of drug-likeness (QED) is 0.383. The molecule has 0 spiro atoms. The van der Waals surface area contributed by atoms with E-state index in [0.717, 1.165) is 61.6 Å². The summed E-state index contributed by atoms with van der Waals surface area (Å²) in [6.07, 6.45) is 7.94. The number of benzene rings is 1. The largest absolute Gasteiger partial charge is 0.508 e. The fourth-order valence-corrected chi connectivity index (χ4v) is 6.48. The standard InChI is InChI=1S/C33H43N5O5/c1-33(2,3)43-32(41)37-18-16-36(17-19-37)31(40)25-21-26(22-12-14-24(39)15-13-22)34-30-28(25)29(23-9-5-4-6-10-23)35-38(30)27-11-7-8-20-42-27/h12-15,21,23,27,39H,4-11,16-20H2,1-3H3. The van der Waals surface area contributed by atoms with Gasteiger partial charge in [-0.1, -0.05) is 19.3 Å². The Balaban J connectivity index is 1.42. The van der Waals surface area contributed by atoms with Crippen LogP contribution in [-0.4, -0.2) is 80.1 Å². The Labute approximate surface area is 253 Å². The van der Waals surface area contributed by atoms with Crippen molar-refractivity contribution < 1.29 is 24.2 Å². The Morgan fingerprint density at radius 3 is 2.26 bits per heavy atom. The van der Waals surface area contributed by atoms with Crippen molar-refractivity contribution >= 4 is 23.0 Å². The molecule has 1 aliphatic carbocycles. The van der Waals surface area contributed by atoms with Crippen molar-refractivity contribution in [2.24, 2.45) is 0 Å². The Hall–Kier alpha value is -3.66. The maximum Gasteiger partial charge on any atom is 0.410 e.